The van der Waals surface area contributed by atoms with Crippen LogP contribution in [0.3, 0.4) is 0 Å². The molecule has 0 saturated heterocycles. The molecule has 0 aliphatic rings. The van der Waals surface area contributed by atoms with E-state index in [9.17, 15) is 4.79 Å². The first-order valence-electron chi connectivity index (χ1n) is 5.23. The molecule has 1 atom stereocenters. The summed E-state index contributed by atoms with van der Waals surface area (Å²) in [6.45, 7) is 0.208. The summed E-state index contributed by atoms with van der Waals surface area (Å²) >= 11 is 0. The zero-order chi connectivity index (χ0) is 12.3. The number of aliphatic carboxylic acids is 1. The second-order valence-electron chi connectivity index (χ2n) is 3.71. The van der Waals surface area contributed by atoms with Gasteiger partial charge in [-0.3, -0.25) is 4.79 Å². The van der Waals surface area contributed by atoms with Gasteiger partial charge < -0.3 is 15.4 Å². The van der Waals surface area contributed by atoms with Crippen LogP contribution in [0.15, 0.2) is 42.7 Å². The standard InChI is InChI=1S/C12H13N3O2/c13-10(12(16)17)8-15-7-6-14-11(15)9-4-2-1-3-5-9/h1-7,10H,8,13H2,(H,16,17). The van der Waals surface area contributed by atoms with Gasteiger partial charge in [-0.1, -0.05) is 30.3 Å². The van der Waals surface area contributed by atoms with Crippen molar-refractivity contribution in [2.24, 2.45) is 5.73 Å². The van der Waals surface area contributed by atoms with Crippen LogP contribution in [0.25, 0.3) is 11.4 Å². The number of rotatable bonds is 4. The lowest BCUT2D eigenvalue weighted by Crippen LogP contribution is -2.34. The molecule has 0 amide bonds. The van der Waals surface area contributed by atoms with E-state index < -0.39 is 12.0 Å². The maximum absolute atomic E-state index is 10.7. The molecule has 1 unspecified atom stereocenters. The van der Waals surface area contributed by atoms with Crippen molar-refractivity contribution in [2.45, 2.75) is 12.6 Å². The van der Waals surface area contributed by atoms with E-state index in [1.807, 2.05) is 30.3 Å². The molecule has 1 aromatic carbocycles. The molecule has 0 bridgehead atoms. The number of hydrogen-bond acceptors (Lipinski definition) is 3. The maximum Gasteiger partial charge on any atom is 0.322 e. The largest absolute Gasteiger partial charge is 0.480 e. The third-order valence-electron chi connectivity index (χ3n) is 2.46. The minimum Gasteiger partial charge on any atom is -0.480 e. The highest BCUT2D eigenvalue weighted by atomic mass is 16.4. The summed E-state index contributed by atoms with van der Waals surface area (Å²) in [7, 11) is 0. The number of benzene rings is 1. The Labute approximate surface area is 98.5 Å². The zero-order valence-corrected chi connectivity index (χ0v) is 9.15. The van der Waals surface area contributed by atoms with E-state index in [1.54, 1.807) is 17.0 Å². The Hall–Kier alpha value is -2.14. The molecule has 0 aliphatic carbocycles. The first-order valence-corrected chi connectivity index (χ1v) is 5.23. The minimum absolute atomic E-state index is 0.208. The van der Waals surface area contributed by atoms with E-state index in [0.29, 0.717) is 0 Å². The Morgan fingerprint density at radius 2 is 2.12 bits per heavy atom. The monoisotopic (exact) mass is 231 g/mol. The molecule has 0 radical (unpaired) electrons. The van der Waals surface area contributed by atoms with Gasteiger partial charge in [0, 0.05) is 18.0 Å². The van der Waals surface area contributed by atoms with Crippen LogP contribution in [-0.2, 0) is 11.3 Å². The molecule has 2 aromatic rings. The van der Waals surface area contributed by atoms with Gasteiger partial charge in [0.2, 0.25) is 0 Å². The third-order valence-corrected chi connectivity index (χ3v) is 2.46. The van der Waals surface area contributed by atoms with Crippen LogP contribution in [0.2, 0.25) is 0 Å². The Kier molecular flexibility index (Phi) is 3.20. The lowest BCUT2D eigenvalue weighted by atomic mass is 10.2. The second-order valence-corrected chi connectivity index (χ2v) is 3.71. The van der Waals surface area contributed by atoms with Crippen molar-refractivity contribution in [3.8, 4) is 11.4 Å². The number of carbonyl (C=O) groups is 1. The van der Waals surface area contributed by atoms with Crippen molar-refractivity contribution >= 4 is 5.97 Å². The molecule has 88 valence electrons. The highest BCUT2D eigenvalue weighted by molar-refractivity contribution is 5.73. The van der Waals surface area contributed by atoms with Crippen molar-refractivity contribution in [1.82, 2.24) is 9.55 Å². The molecule has 0 aliphatic heterocycles. The van der Waals surface area contributed by atoms with Crippen LogP contribution in [0.4, 0.5) is 0 Å². The lowest BCUT2D eigenvalue weighted by Gasteiger charge is -2.10. The van der Waals surface area contributed by atoms with Crippen molar-refractivity contribution in [3.05, 3.63) is 42.7 Å². The smallest absolute Gasteiger partial charge is 0.322 e. The molecule has 0 fully saturated rings. The van der Waals surface area contributed by atoms with Crippen LogP contribution in [0, 0.1) is 0 Å². The number of aromatic nitrogens is 2. The van der Waals surface area contributed by atoms with Gasteiger partial charge in [0.25, 0.3) is 0 Å². The fourth-order valence-electron chi connectivity index (χ4n) is 1.59. The summed E-state index contributed by atoms with van der Waals surface area (Å²) in [5.41, 5.74) is 6.45. The Morgan fingerprint density at radius 3 is 2.76 bits per heavy atom. The molecule has 5 heteroatoms. The fourth-order valence-corrected chi connectivity index (χ4v) is 1.59. The van der Waals surface area contributed by atoms with Gasteiger partial charge in [-0.2, -0.15) is 0 Å². The van der Waals surface area contributed by atoms with E-state index in [4.69, 9.17) is 10.8 Å². The summed E-state index contributed by atoms with van der Waals surface area (Å²) in [5.74, 6) is -0.292. The number of nitrogens with two attached hydrogens (primary N) is 1. The molecule has 17 heavy (non-hydrogen) atoms. The Morgan fingerprint density at radius 1 is 1.41 bits per heavy atom. The second kappa shape index (κ2) is 4.80. The molecular formula is C12H13N3O2. The normalized spacial score (nSPS) is 12.3. The predicted molar refractivity (Wildman–Crippen MR) is 63.3 cm³/mol. The van der Waals surface area contributed by atoms with Crippen LogP contribution in [0.5, 0.6) is 0 Å². The van der Waals surface area contributed by atoms with Crippen LogP contribution in [-0.4, -0.2) is 26.7 Å². The highest BCUT2D eigenvalue weighted by Gasteiger charge is 2.14. The highest BCUT2D eigenvalue weighted by Crippen LogP contribution is 2.16. The van der Waals surface area contributed by atoms with Crippen LogP contribution in [0.1, 0.15) is 0 Å². The average Bonchev–Trinajstić information content (AvgIpc) is 2.78. The van der Waals surface area contributed by atoms with Gasteiger partial charge in [0.05, 0.1) is 6.54 Å². The van der Waals surface area contributed by atoms with E-state index in [0.717, 1.165) is 11.4 Å². The molecule has 0 spiro atoms. The summed E-state index contributed by atoms with van der Waals surface area (Å²) in [6.07, 6.45) is 3.36. The molecule has 2 rings (SSSR count). The number of hydrogen-bond donors (Lipinski definition) is 2. The van der Waals surface area contributed by atoms with Gasteiger partial charge in [0.1, 0.15) is 11.9 Å². The number of carboxylic acids is 1. The Bertz CT molecular complexity index is 507. The topological polar surface area (TPSA) is 81.1 Å². The number of carboxylic acid groups (broad SMARTS) is 1. The number of nitrogens with zero attached hydrogens (tertiary/aromatic N) is 2. The zero-order valence-electron chi connectivity index (χ0n) is 9.15. The first kappa shape index (κ1) is 11.3. The van der Waals surface area contributed by atoms with E-state index in [-0.39, 0.29) is 6.54 Å². The fraction of sp³-hybridized carbons (Fsp3) is 0.167. The van der Waals surface area contributed by atoms with Crippen molar-refractivity contribution in [2.75, 3.05) is 0 Å². The molecule has 1 heterocycles. The molecule has 3 N–H and O–H groups in total. The molecule has 5 nitrogen and oxygen atoms in total. The van der Waals surface area contributed by atoms with E-state index in [2.05, 4.69) is 4.98 Å². The summed E-state index contributed by atoms with van der Waals surface area (Å²) < 4.78 is 1.74. The lowest BCUT2D eigenvalue weighted by molar-refractivity contribution is -0.138. The third kappa shape index (κ3) is 2.51. The summed E-state index contributed by atoms with van der Waals surface area (Å²) in [4.78, 5) is 14.9. The van der Waals surface area contributed by atoms with Gasteiger partial charge in [-0.05, 0) is 0 Å². The average molecular weight is 231 g/mol. The van der Waals surface area contributed by atoms with Gasteiger partial charge in [0.15, 0.2) is 0 Å². The van der Waals surface area contributed by atoms with Crippen molar-refractivity contribution < 1.29 is 9.90 Å². The van der Waals surface area contributed by atoms with E-state index >= 15 is 0 Å². The Balaban J connectivity index is 2.26. The maximum atomic E-state index is 10.7. The predicted octanol–water partition coefficient (Wildman–Crippen LogP) is 0.962. The quantitative estimate of drug-likeness (QED) is 0.821. The molecule has 0 saturated carbocycles. The van der Waals surface area contributed by atoms with Gasteiger partial charge in [-0.15, -0.1) is 0 Å². The van der Waals surface area contributed by atoms with Crippen LogP contribution < -0.4 is 5.73 Å². The van der Waals surface area contributed by atoms with Crippen molar-refractivity contribution in [1.29, 1.82) is 0 Å². The molecular weight excluding hydrogens is 218 g/mol. The van der Waals surface area contributed by atoms with Crippen LogP contribution >= 0.6 is 0 Å². The van der Waals surface area contributed by atoms with E-state index in [1.165, 1.54) is 0 Å². The minimum atomic E-state index is -1.02. The van der Waals surface area contributed by atoms with Crippen molar-refractivity contribution in [3.63, 3.8) is 0 Å². The van der Waals surface area contributed by atoms with Gasteiger partial charge >= 0.3 is 5.97 Å². The number of imidazole rings is 1. The first-order chi connectivity index (χ1) is 8.18. The SMILES string of the molecule is NC(Cn1ccnc1-c1ccccc1)C(=O)O. The molecule has 1 aromatic heterocycles. The summed E-state index contributed by atoms with van der Waals surface area (Å²) in [6, 6.07) is 8.65. The summed E-state index contributed by atoms with van der Waals surface area (Å²) in [5, 5.41) is 8.78. The van der Waals surface area contributed by atoms with Gasteiger partial charge in [-0.25, -0.2) is 4.98 Å².